The molecule has 0 N–H and O–H groups in total. The average molecular weight is 341 g/mol. The fraction of sp³-hybridized carbons (Fsp3) is 0.375. The molecule has 118 valence electrons. The number of rotatable bonds is 5. The van der Waals surface area contributed by atoms with Gasteiger partial charge in [0.15, 0.2) is 0 Å². The summed E-state index contributed by atoms with van der Waals surface area (Å²) in [4.78, 5) is 14.4. The Morgan fingerprint density at radius 1 is 1.32 bits per heavy atom. The number of aromatic nitrogens is 1. The van der Waals surface area contributed by atoms with Crippen molar-refractivity contribution in [2.75, 3.05) is 13.6 Å². The van der Waals surface area contributed by atoms with Crippen molar-refractivity contribution in [1.82, 2.24) is 10.1 Å². The molecule has 0 unspecified atom stereocenters. The molecule has 4 nitrogen and oxygen atoms in total. The van der Waals surface area contributed by atoms with E-state index in [9.17, 15) is 4.79 Å². The van der Waals surface area contributed by atoms with Crippen LogP contribution in [0.25, 0.3) is 11.3 Å². The number of hydrogen-bond acceptors (Lipinski definition) is 3. The quantitative estimate of drug-likeness (QED) is 0.783. The molecule has 0 fully saturated rings. The van der Waals surface area contributed by atoms with Crippen LogP contribution in [0.1, 0.15) is 35.9 Å². The fourth-order valence-corrected chi connectivity index (χ4v) is 2.78. The van der Waals surface area contributed by atoms with E-state index in [0.717, 1.165) is 12.8 Å². The van der Waals surface area contributed by atoms with Crippen LogP contribution in [0.2, 0.25) is 10.0 Å². The average Bonchev–Trinajstić information content (AvgIpc) is 2.85. The summed E-state index contributed by atoms with van der Waals surface area (Å²) >= 11 is 12.4. The van der Waals surface area contributed by atoms with E-state index in [4.69, 9.17) is 27.7 Å². The van der Waals surface area contributed by atoms with Crippen molar-refractivity contribution in [1.29, 1.82) is 0 Å². The van der Waals surface area contributed by atoms with E-state index in [1.54, 1.807) is 37.1 Å². The van der Waals surface area contributed by atoms with Crippen molar-refractivity contribution >= 4 is 29.1 Å². The van der Waals surface area contributed by atoms with Crippen molar-refractivity contribution in [2.24, 2.45) is 0 Å². The molecule has 2 aromatic rings. The van der Waals surface area contributed by atoms with Gasteiger partial charge in [-0.05, 0) is 25.5 Å². The predicted octanol–water partition coefficient (Wildman–Crippen LogP) is 4.83. The molecule has 0 saturated carbocycles. The second-order valence-corrected chi connectivity index (χ2v) is 5.95. The van der Waals surface area contributed by atoms with E-state index < -0.39 is 0 Å². The lowest BCUT2D eigenvalue weighted by atomic mass is 10.0. The Morgan fingerprint density at radius 2 is 1.95 bits per heavy atom. The number of unbranched alkanes of at least 4 members (excludes halogenated alkanes) is 1. The second kappa shape index (κ2) is 7.16. The van der Waals surface area contributed by atoms with Gasteiger partial charge in [0.25, 0.3) is 5.91 Å². The van der Waals surface area contributed by atoms with Crippen LogP contribution in [-0.2, 0) is 0 Å². The van der Waals surface area contributed by atoms with Gasteiger partial charge in [-0.1, -0.05) is 47.8 Å². The molecule has 6 heteroatoms. The first-order chi connectivity index (χ1) is 10.5. The number of aryl methyl sites for hydroxylation is 1. The lowest BCUT2D eigenvalue weighted by Crippen LogP contribution is -2.28. The van der Waals surface area contributed by atoms with Gasteiger partial charge in [-0.25, -0.2) is 0 Å². The van der Waals surface area contributed by atoms with Crippen LogP contribution in [0.5, 0.6) is 0 Å². The highest BCUT2D eigenvalue weighted by Gasteiger charge is 2.26. The molecule has 0 saturated heterocycles. The number of benzene rings is 1. The van der Waals surface area contributed by atoms with E-state index in [2.05, 4.69) is 12.1 Å². The standard InChI is InChI=1S/C16H18Cl2N2O2/c1-4-5-9-20(3)16(21)13-10(2)22-19-15(13)14-11(17)7-6-8-12(14)18/h6-8H,4-5,9H2,1-3H3. The number of amides is 1. The van der Waals surface area contributed by atoms with E-state index in [0.29, 0.717) is 39.2 Å². The summed E-state index contributed by atoms with van der Waals surface area (Å²) in [7, 11) is 1.77. The largest absolute Gasteiger partial charge is 0.360 e. The smallest absolute Gasteiger partial charge is 0.259 e. The van der Waals surface area contributed by atoms with Gasteiger partial charge in [0.2, 0.25) is 0 Å². The monoisotopic (exact) mass is 340 g/mol. The predicted molar refractivity (Wildman–Crippen MR) is 88.6 cm³/mol. The topological polar surface area (TPSA) is 46.3 Å². The lowest BCUT2D eigenvalue weighted by molar-refractivity contribution is 0.0792. The first kappa shape index (κ1) is 16.8. The fourth-order valence-electron chi connectivity index (χ4n) is 2.21. The molecule has 1 amide bonds. The van der Waals surface area contributed by atoms with E-state index in [1.807, 2.05) is 0 Å². The zero-order chi connectivity index (χ0) is 16.3. The van der Waals surface area contributed by atoms with Gasteiger partial charge in [-0.15, -0.1) is 0 Å². The number of carbonyl (C=O) groups is 1. The van der Waals surface area contributed by atoms with Crippen LogP contribution in [0.15, 0.2) is 22.7 Å². The Labute approximate surface area is 140 Å². The van der Waals surface area contributed by atoms with Gasteiger partial charge in [0, 0.05) is 19.2 Å². The minimum absolute atomic E-state index is 0.141. The van der Waals surface area contributed by atoms with Crippen molar-refractivity contribution in [2.45, 2.75) is 26.7 Å². The Morgan fingerprint density at radius 3 is 2.55 bits per heavy atom. The molecule has 2 rings (SSSR count). The van der Waals surface area contributed by atoms with Gasteiger partial charge in [0.1, 0.15) is 17.0 Å². The van der Waals surface area contributed by atoms with Crippen LogP contribution in [-0.4, -0.2) is 29.6 Å². The Balaban J connectivity index is 2.47. The summed E-state index contributed by atoms with van der Waals surface area (Å²) < 4.78 is 5.22. The molecule has 0 aliphatic carbocycles. The highest BCUT2D eigenvalue weighted by molar-refractivity contribution is 6.39. The maximum absolute atomic E-state index is 12.7. The molecular weight excluding hydrogens is 323 g/mol. The van der Waals surface area contributed by atoms with Crippen molar-refractivity contribution in [3.63, 3.8) is 0 Å². The van der Waals surface area contributed by atoms with Gasteiger partial charge < -0.3 is 9.42 Å². The third-order valence-corrected chi connectivity index (χ3v) is 4.10. The van der Waals surface area contributed by atoms with Crippen LogP contribution in [0.4, 0.5) is 0 Å². The highest BCUT2D eigenvalue weighted by atomic mass is 35.5. The maximum atomic E-state index is 12.7. The van der Waals surface area contributed by atoms with Crippen LogP contribution >= 0.6 is 23.2 Å². The van der Waals surface area contributed by atoms with Gasteiger partial charge >= 0.3 is 0 Å². The minimum atomic E-state index is -0.141. The SMILES string of the molecule is CCCCN(C)C(=O)c1c(-c2c(Cl)cccc2Cl)noc1C. The third kappa shape index (κ3) is 3.28. The van der Waals surface area contributed by atoms with Gasteiger partial charge in [0.05, 0.1) is 10.0 Å². The summed E-state index contributed by atoms with van der Waals surface area (Å²) in [5.41, 5.74) is 1.32. The first-order valence-electron chi connectivity index (χ1n) is 7.13. The number of halogens is 2. The Bertz CT molecular complexity index is 663. The van der Waals surface area contributed by atoms with Crippen LogP contribution < -0.4 is 0 Å². The number of nitrogens with zero attached hydrogens (tertiary/aromatic N) is 2. The summed E-state index contributed by atoms with van der Waals surface area (Å²) in [5, 5.41) is 4.87. The van der Waals surface area contributed by atoms with E-state index in [-0.39, 0.29) is 5.91 Å². The summed E-state index contributed by atoms with van der Waals surface area (Å²) in [6.07, 6.45) is 1.96. The van der Waals surface area contributed by atoms with Crippen molar-refractivity contribution in [3.05, 3.63) is 39.6 Å². The molecule has 0 radical (unpaired) electrons. The zero-order valence-corrected chi connectivity index (χ0v) is 14.3. The molecule has 0 atom stereocenters. The van der Waals surface area contributed by atoms with Crippen LogP contribution in [0.3, 0.4) is 0 Å². The molecule has 1 aromatic heterocycles. The Hall–Kier alpha value is -1.52. The molecule has 0 aliphatic heterocycles. The number of hydrogen-bond donors (Lipinski definition) is 0. The molecule has 1 heterocycles. The zero-order valence-electron chi connectivity index (χ0n) is 12.8. The number of carbonyl (C=O) groups excluding carboxylic acids is 1. The summed E-state index contributed by atoms with van der Waals surface area (Å²) in [5.74, 6) is 0.317. The summed E-state index contributed by atoms with van der Waals surface area (Å²) in [6.45, 7) is 4.47. The van der Waals surface area contributed by atoms with Gasteiger partial charge in [-0.3, -0.25) is 4.79 Å². The molecular formula is C16H18Cl2N2O2. The molecule has 22 heavy (non-hydrogen) atoms. The molecule has 0 bridgehead atoms. The second-order valence-electron chi connectivity index (χ2n) is 5.14. The maximum Gasteiger partial charge on any atom is 0.259 e. The third-order valence-electron chi connectivity index (χ3n) is 3.47. The molecule has 1 aromatic carbocycles. The highest BCUT2D eigenvalue weighted by Crippen LogP contribution is 2.37. The molecule has 0 aliphatic rings. The van der Waals surface area contributed by atoms with Crippen LogP contribution in [0, 0.1) is 6.92 Å². The summed E-state index contributed by atoms with van der Waals surface area (Å²) in [6, 6.07) is 5.17. The lowest BCUT2D eigenvalue weighted by Gasteiger charge is -2.17. The normalized spacial score (nSPS) is 10.8. The Kier molecular flexibility index (Phi) is 5.48. The molecule has 0 spiro atoms. The van der Waals surface area contributed by atoms with Crippen molar-refractivity contribution in [3.8, 4) is 11.3 Å². The van der Waals surface area contributed by atoms with Crippen molar-refractivity contribution < 1.29 is 9.32 Å². The van der Waals surface area contributed by atoms with E-state index in [1.165, 1.54) is 0 Å². The minimum Gasteiger partial charge on any atom is -0.360 e. The first-order valence-corrected chi connectivity index (χ1v) is 7.89. The van der Waals surface area contributed by atoms with Gasteiger partial charge in [-0.2, -0.15) is 0 Å². The van der Waals surface area contributed by atoms with E-state index >= 15 is 0 Å².